The lowest BCUT2D eigenvalue weighted by molar-refractivity contribution is 0.0993. The SMILES string of the molecule is N#CC(C#N)=CNc1ccc2c(c1)N(C(=O)c1cccs1)CC2. The zero-order valence-corrected chi connectivity index (χ0v) is 12.9. The number of nitrogens with one attached hydrogen (secondary N) is 1. The Morgan fingerprint density at radius 1 is 1.30 bits per heavy atom. The van der Waals surface area contributed by atoms with E-state index in [0.29, 0.717) is 11.4 Å². The molecule has 6 heteroatoms. The third-order valence-corrected chi connectivity index (χ3v) is 4.44. The zero-order valence-electron chi connectivity index (χ0n) is 12.1. The first-order valence-corrected chi connectivity index (χ1v) is 7.86. The van der Waals surface area contributed by atoms with Crippen LogP contribution in [-0.4, -0.2) is 12.5 Å². The van der Waals surface area contributed by atoms with Gasteiger partial charge in [-0.2, -0.15) is 10.5 Å². The van der Waals surface area contributed by atoms with Crippen LogP contribution >= 0.6 is 11.3 Å². The van der Waals surface area contributed by atoms with E-state index in [-0.39, 0.29) is 11.5 Å². The van der Waals surface area contributed by atoms with Gasteiger partial charge in [0.2, 0.25) is 0 Å². The molecule has 3 rings (SSSR count). The van der Waals surface area contributed by atoms with Gasteiger partial charge >= 0.3 is 0 Å². The number of nitrogens with zero attached hydrogens (tertiary/aromatic N) is 3. The van der Waals surface area contributed by atoms with E-state index in [0.717, 1.165) is 23.4 Å². The van der Waals surface area contributed by atoms with Crippen LogP contribution in [0.1, 0.15) is 15.2 Å². The van der Waals surface area contributed by atoms with Gasteiger partial charge in [-0.15, -0.1) is 11.3 Å². The summed E-state index contributed by atoms with van der Waals surface area (Å²) in [7, 11) is 0. The molecule has 0 atom stereocenters. The molecule has 1 aromatic carbocycles. The van der Waals surface area contributed by atoms with E-state index in [1.165, 1.54) is 17.5 Å². The number of hydrogen-bond acceptors (Lipinski definition) is 5. The third kappa shape index (κ3) is 2.94. The summed E-state index contributed by atoms with van der Waals surface area (Å²) < 4.78 is 0. The van der Waals surface area contributed by atoms with E-state index in [1.807, 2.05) is 35.7 Å². The van der Waals surface area contributed by atoms with Crippen molar-refractivity contribution in [2.45, 2.75) is 6.42 Å². The zero-order chi connectivity index (χ0) is 16.2. The molecular formula is C17H12N4OS. The van der Waals surface area contributed by atoms with Crippen LogP contribution in [0.25, 0.3) is 0 Å². The molecule has 0 saturated heterocycles. The van der Waals surface area contributed by atoms with Crippen molar-refractivity contribution in [1.29, 1.82) is 10.5 Å². The monoisotopic (exact) mass is 320 g/mol. The Labute approximate surface area is 137 Å². The van der Waals surface area contributed by atoms with Crippen LogP contribution in [0.2, 0.25) is 0 Å². The highest BCUT2D eigenvalue weighted by atomic mass is 32.1. The molecule has 2 aromatic rings. The number of hydrogen-bond donors (Lipinski definition) is 1. The summed E-state index contributed by atoms with van der Waals surface area (Å²) in [6, 6.07) is 13.0. The van der Waals surface area contributed by atoms with Crippen molar-refractivity contribution in [3.63, 3.8) is 0 Å². The summed E-state index contributed by atoms with van der Waals surface area (Å²) in [5, 5.41) is 22.3. The van der Waals surface area contributed by atoms with E-state index in [9.17, 15) is 4.79 Å². The maximum atomic E-state index is 12.6. The van der Waals surface area contributed by atoms with E-state index >= 15 is 0 Å². The van der Waals surface area contributed by atoms with Crippen molar-refractivity contribution >= 4 is 28.6 Å². The van der Waals surface area contributed by atoms with Crippen molar-refractivity contribution in [2.24, 2.45) is 0 Å². The van der Waals surface area contributed by atoms with Gasteiger partial charge in [-0.1, -0.05) is 12.1 Å². The fourth-order valence-corrected chi connectivity index (χ4v) is 3.13. The van der Waals surface area contributed by atoms with Gasteiger partial charge in [0.1, 0.15) is 17.7 Å². The summed E-state index contributed by atoms with van der Waals surface area (Å²) in [6.45, 7) is 0.660. The highest BCUT2D eigenvalue weighted by Crippen LogP contribution is 2.32. The molecule has 0 radical (unpaired) electrons. The van der Waals surface area contributed by atoms with Crippen molar-refractivity contribution < 1.29 is 4.79 Å². The van der Waals surface area contributed by atoms with Crippen LogP contribution in [0.15, 0.2) is 47.5 Å². The molecule has 1 aromatic heterocycles. The molecule has 2 heterocycles. The number of benzene rings is 1. The average Bonchev–Trinajstić information content (AvgIpc) is 3.24. The van der Waals surface area contributed by atoms with Gasteiger partial charge in [0.15, 0.2) is 0 Å². The normalized spacial score (nSPS) is 12.0. The van der Waals surface area contributed by atoms with Gasteiger partial charge in [0.05, 0.1) is 4.88 Å². The van der Waals surface area contributed by atoms with Crippen LogP contribution < -0.4 is 10.2 Å². The average molecular weight is 320 g/mol. The number of allylic oxidation sites excluding steroid dienone is 1. The maximum Gasteiger partial charge on any atom is 0.268 e. The minimum absolute atomic E-state index is 0.00109. The lowest BCUT2D eigenvalue weighted by Gasteiger charge is -2.17. The van der Waals surface area contributed by atoms with Gasteiger partial charge in [-0.3, -0.25) is 4.79 Å². The molecule has 1 N–H and O–H groups in total. The lowest BCUT2D eigenvalue weighted by Crippen LogP contribution is -2.28. The fourth-order valence-electron chi connectivity index (χ4n) is 2.46. The number of amides is 1. The molecule has 1 aliphatic rings. The van der Waals surface area contributed by atoms with Crippen LogP contribution in [0.3, 0.4) is 0 Å². The van der Waals surface area contributed by atoms with E-state index in [2.05, 4.69) is 5.32 Å². The first-order valence-electron chi connectivity index (χ1n) is 6.98. The quantitative estimate of drug-likeness (QED) is 0.880. The Bertz CT molecular complexity index is 840. The number of rotatable bonds is 3. The minimum atomic E-state index is -0.00276. The van der Waals surface area contributed by atoms with Gasteiger partial charge in [-0.05, 0) is 35.6 Å². The van der Waals surface area contributed by atoms with Gasteiger partial charge in [0, 0.05) is 24.1 Å². The first-order chi connectivity index (χ1) is 11.2. The second kappa shape index (κ2) is 6.35. The summed E-state index contributed by atoms with van der Waals surface area (Å²) in [4.78, 5) is 15.0. The second-order valence-corrected chi connectivity index (χ2v) is 5.90. The molecule has 0 unspecified atom stereocenters. The topological polar surface area (TPSA) is 79.9 Å². The van der Waals surface area contributed by atoms with Crippen LogP contribution in [0.4, 0.5) is 11.4 Å². The Morgan fingerprint density at radius 2 is 2.13 bits per heavy atom. The van der Waals surface area contributed by atoms with Crippen LogP contribution in [-0.2, 0) is 6.42 Å². The minimum Gasteiger partial charge on any atom is -0.360 e. The largest absolute Gasteiger partial charge is 0.360 e. The highest BCUT2D eigenvalue weighted by Gasteiger charge is 2.26. The number of carbonyl (C=O) groups excluding carboxylic acids is 1. The smallest absolute Gasteiger partial charge is 0.268 e. The molecule has 0 spiro atoms. The molecule has 0 saturated carbocycles. The number of carbonyl (C=O) groups is 1. The van der Waals surface area contributed by atoms with Crippen molar-refractivity contribution in [1.82, 2.24) is 0 Å². The van der Waals surface area contributed by atoms with Crippen molar-refractivity contribution in [2.75, 3.05) is 16.8 Å². The number of thiophene rings is 1. The van der Waals surface area contributed by atoms with Gasteiger partial charge in [-0.25, -0.2) is 0 Å². The molecule has 0 fully saturated rings. The molecule has 0 aliphatic carbocycles. The molecule has 23 heavy (non-hydrogen) atoms. The third-order valence-electron chi connectivity index (χ3n) is 3.58. The summed E-state index contributed by atoms with van der Waals surface area (Å²) in [5.41, 5.74) is 2.72. The fraction of sp³-hybridized carbons (Fsp3) is 0.118. The lowest BCUT2D eigenvalue weighted by atomic mass is 10.1. The van der Waals surface area contributed by atoms with E-state index < -0.39 is 0 Å². The highest BCUT2D eigenvalue weighted by molar-refractivity contribution is 7.12. The molecular weight excluding hydrogens is 308 g/mol. The Kier molecular flexibility index (Phi) is 4.09. The van der Waals surface area contributed by atoms with Gasteiger partial charge in [0.25, 0.3) is 5.91 Å². The number of fused-ring (bicyclic) bond motifs is 1. The first kappa shape index (κ1) is 14.8. The second-order valence-electron chi connectivity index (χ2n) is 4.95. The van der Waals surface area contributed by atoms with Crippen molar-refractivity contribution in [3.8, 4) is 12.1 Å². The van der Waals surface area contributed by atoms with Crippen LogP contribution in [0.5, 0.6) is 0 Å². The molecule has 1 amide bonds. The predicted molar refractivity (Wildman–Crippen MR) is 89.1 cm³/mol. The molecule has 1 aliphatic heterocycles. The summed E-state index contributed by atoms with van der Waals surface area (Å²) in [5.74, 6) is 0.00109. The standard InChI is InChI=1S/C17H12N4OS/c18-9-12(10-19)11-20-14-4-3-13-5-6-21(15(13)8-14)17(22)16-2-1-7-23-16/h1-4,7-8,11,20H,5-6H2. The molecule has 112 valence electrons. The summed E-state index contributed by atoms with van der Waals surface area (Å²) in [6.07, 6.45) is 2.19. The summed E-state index contributed by atoms with van der Waals surface area (Å²) >= 11 is 1.43. The maximum absolute atomic E-state index is 12.6. The predicted octanol–water partition coefficient (Wildman–Crippen LogP) is 3.29. The van der Waals surface area contributed by atoms with Gasteiger partial charge < -0.3 is 10.2 Å². The van der Waals surface area contributed by atoms with E-state index in [1.54, 1.807) is 17.0 Å². The number of anilines is 2. The molecule has 0 bridgehead atoms. The Balaban J connectivity index is 1.86. The Morgan fingerprint density at radius 3 is 2.83 bits per heavy atom. The number of nitriles is 2. The van der Waals surface area contributed by atoms with Crippen LogP contribution in [0, 0.1) is 22.7 Å². The van der Waals surface area contributed by atoms with E-state index in [4.69, 9.17) is 10.5 Å². The molecule has 5 nitrogen and oxygen atoms in total. The van der Waals surface area contributed by atoms with Crippen molar-refractivity contribution in [3.05, 3.63) is 57.9 Å². The Hall–Kier alpha value is -3.09.